The Morgan fingerprint density at radius 1 is 1.19 bits per heavy atom. The Balaban J connectivity index is 1.79. The monoisotopic (exact) mass is 348 g/mol. The van der Waals surface area contributed by atoms with Gasteiger partial charge < -0.3 is 15.0 Å². The number of benzene rings is 1. The highest BCUT2D eigenvalue weighted by Gasteiger charge is 2.13. The summed E-state index contributed by atoms with van der Waals surface area (Å²) in [5, 5.41) is 3.32. The summed E-state index contributed by atoms with van der Waals surface area (Å²) in [4.78, 5) is 10.8. The van der Waals surface area contributed by atoms with Crippen molar-refractivity contribution in [2.24, 2.45) is 0 Å². The van der Waals surface area contributed by atoms with Crippen molar-refractivity contribution in [1.29, 1.82) is 0 Å². The molecule has 0 amide bonds. The minimum atomic E-state index is 0.746. The van der Waals surface area contributed by atoms with Crippen LogP contribution in [0.5, 0.6) is 0 Å². The van der Waals surface area contributed by atoms with Crippen LogP contribution >= 0.6 is 15.9 Å². The van der Waals surface area contributed by atoms with Gasteiger partial charge in [-0.25, -0.2) is 9.97 Å². The van der Waals surface area contributed by atoms with Gasteiger partial charge >= 0.3 is 0 Å². The molecule has 6 heteroatoms. The van der Waals surface area contributed by atoms with E-state index in [4.69, 9.17) is 4.74 Å². The fourth-order valence-corrected chi connectivity index (χ4v) is 2.83. The van der Waals surface area contributed by atoms with Crippen molar-refractivity contribution in [1.82, 2.24) is 9.97 Å². The first-order valence-electron chi connectivity index (χ1n) is 6.90. The Hall–Kier alpha value is -1.66. The van der Waals surface area contributed by atoms with Crippen molar-refractivity contribution in [3.05, 3.63) is 40.6 Å². The summed E-state index contributed by atoms with van der Waals surface area (Å²) in [5.41, 5.74) is 2.20. The number of rotatable bonds is 3. The van der Waals surface area contributed by atoms with E-state index < -0.39 is 0 Å². The molecule has 0 radical (unpaired) electrons. The zero-order valence-electron chi connectivity index (χ0n) is 11.8. The van der Waals surface area contributed by atoms with Crippen molar-refractivity contribution >= 4 is 33.3 Å². The second-order valence-corrected chi connectivity index (χ2v) is 5.82. The van der Waals surface area contributed by atoms with E-state index in [0.29, 0.717) is 0 Å². The van der Waals surface area contributed by atoms with Gasteiger partial charge in [0.05, 0.1) is 18.9 Å². The van der Waals surface area contributed by atoms with Gasteiger partial charge in [-0.2, -0.15) is 0 Å². The topological polar surface area (TPSA) is 50.3 Å². The van der Waals surface area contributed by atoms with Gasteiger partial charge in [0.1, 0.15) is 18.0 Å². The zero-order chi connectivity index (χ0) is 14.7. The fraction of sp³-hybridized carbons (Fsp3) is 0.333. The Morgan fingerprint density at radius 2 is 2.00 bits per heavy atom. The van der Waals surface area contributed by atoms with E-state index in [9.17, 15) is 0 Å². The lowest BCUT2D eigenvalue weighted by molar-refractivity contribution is 0.122. The number of aryl methyl sites for hydroxylation is 1. The van der Waals surface area contributed by atoms with E-state index in [1.807, 2.05) is 12.1 Å². The van der Waals surface area contributed by atoms with Crippen LogP contribution in [0.15, 0.2) is 35.1 Å². The number of hydrogen-bond donors (Lipinski definition) is 1. The second kappa shape index (κ2) is 6.41. The Labute approximate surface area is 132 Å². The molecule has 0 spiro atoms. The molecule has 0 saturated carbocycles. The van der Waals surface area contributed by atoms with Gasteiger partial charge in [-0.1, -0.05) is 6.07 Å². The van der Waals surface area contributed by atoms with Crippen molar-refractivity contribution in [3.8, 4) is 0 Å². The van der Waals surface area contributed by atoms with Crippen LogP contribution in [0.4, 0.5) is 17.3 Å². The zero-order valence-corrected chi connectivity index (χ0v) is 13.4. The number of anilines is 3. The summed E-state index contributed by atoms with van der Waals surface area (Å²) in [6.07, 6.45) is 1.59. The van der Waals surface area contributed by atoms with E-state index in [1.54, 1.807) is 6.33 Å². The third-order valence-electron chi connectivity index (χ3n) is 3.38. The molecule has 1 N–H and O–H groups in total. The highest BCUT2D eigenvalue weighted by Crippen LogP contribution is 2.27. The SMILES string of the molecule is Cc1ccc(Nc2cc(N3CCOCC3)ncn2)c(Br)c1. The predicted molar refractivity (Wildman–Crippen MR) is 87.2 cm³/mol. The van der Waals surface area contributed by atoms with Crippen molar-refractivity contribution < 1.29 is 4.74 Å². The first kappa shape index (κ1) is 14.3. The molecule has 1 aliphatic rings. The van der Waals surface area contributed by atoms with Crippen molar-refractivity contribution in [3.63, 3.8) is 0 Å². The molecule has 0 bridgehead atoms. The maximum atomic E-state index is 5.37. The lowest BCUT2D eigenvalue weighted by Crippen LogP contribution is -2.36. The van der Waals surface area contributed by atoms with E-state index in [-0.39, 0.29) is 0 Å². The molecular formula is C15H17BrN4O. The number of morpholine rings is 1. The number of aromatic nitrogens is 2. The summed E-state index contributed by atoms with van der Waals surface area (Å²) in [7, 11) is 0. The maximum Gasteiger partial charge on any atom is 0.135 e. The first-order valence-corrected chi connectivity index (χ1v) is 7.69. The predicted octanol–water partition coefficient (Wildman–Crippen LogP) is 3.13. The Kier molecular flexibility index (Phi) is 4.36. The number of nitrogens with one attached hydrogen (secondary N) is 1. The summed E-state index contributed by atoms with van der Waals surface area (Å²) in [6.45, 7) is 5.29. The van der Waals surface area contributed by atoms with Gasteiger partial charge in [0.2, 0.25) is 0 Å². The Bertz CT molecular complexity index is 629. The van der Waals surface area contributed by atoms with Gasteiger partial charge in [0.25, 0.3) is 0 Å². The molecule has 0 atom stereocenters. The number of halogens is 1. The highest BCUT2D eigenvalue weighted by molar-refractivity contribution is 9.10. The van der Waals surface area contributed by atoms with Crippen LogP contribution in [0.1, 0.15) is 5.56 Å². The van der Waals surface area contributed by atoms with Crippen LogP contribution in [0, 0.1) is 6.92 Å². The lowest BCUT2D eigenvalue weighted by atomic mass is 10.2. The largest absolute Gasteiger partial charge is 0.378 e. The maximum absolute atomic E-state index is 5.37. The number of ether oxygens (including phenoxy) is 1. The van der Waals surface area contributed by atoms with Gasteiger partial charge in [-0.05, 0) is 40.5 Å². The van der Waals surface area contributed by atoms with Crippen LogP contribution in [0.3, 0.4) is 0 Å². The molecule has 110 valence electrons. The van der Waals surface area contributed by atoms with Gasteiger partial charge in [-0.3, -0.25) is 0 Å². The molecule has 21 heavy (non-hydrogen) atoms. The van der Waals surface area contributed by atoms with E-state index in [0.717, 1.165) is 48.1 Å². The fourth-order valence-electron chi connectivity index (χ4n) is 2.24. The molecule has 5 nitrogen and oxygen atoms in total. The normalized spacial score (nSPS) is 15.0. The molecular weight excluding hydrogens is 332 g/mol. The van der Waals surface area contributed by atoms with Gasteiger partial charge in [-0.15, -0.1) is 0 Å². The van der Waals surface area contributed by atoms with Crippen LogP contribution in [-0.4, -0.2) is 36.3 Å². The van der Waals surface area contributed by atoms with E-state index in [1.165, 1.54) is 5.56 Å². The van der Waals surface area contributed by atoms with Crippen LogP contribution < -0.4 is 10.2 Å². The minimum absolute atomic E-state index is 0.746. The molecule has 2 aromatic rings. The average molecular weight is 349 g/mol. The van der Waals surface area contributed by atoms with Crippen molar-refractivity contribution in [2.75, 3.05) is 36.5 Å². The van der Waals surface area contributed by atoms with E-state index in [2.05, 4.69) is 55.2 Å². The molecule has 3 rings (SSSR count). The lowest BCUT2D eigenvalue weighted by Gasteiger charge is -2.27. The molecule has 0 unspecified atom stereocenters. The molecule has 2 heterocycles. The average Bonchev–Trinajstić information content (AvgIpc) is 2.51. The van der Waals surface area contributed by atoms with Crippen molar-refractivity contribution in [2.45, 2.75) is 6.92 Å². The van der Waals surface area contributed by atoms with Crippen LogP contribution in [0.2, 0.25) is 0 Å². The third kappa shape index (κ3) is 3.51. The molecule has 1 aliphatic heterocycles. The molecule has 1 saturated heterocycles. The quantitative estimate of drug-likeness (QED) is 0.923. The summed E-state index contributed by atoms with van der Waals surface area (Å²) in [5.74, 6) is 1.72. The van der Waals surface area contributed by atoms with Gasteiger partial charge in [0.15, 0.2) is 0 Å². The van der Waals surface area contributed by atoms with Crippen LogP contribution in [0.25, 0.3) is 0 Å². The molecule has 1 aromatic carbocycles. The standard InChI is InChI=1S/C15H17BrN4O/c1-11-2-3-13(12(16)8-11)19-14-9-15(18-10-17-14)20-4-6-21-7-5-20/h2-3,8-10H,4-7H2,1H3,(H,17,18,19). The Morgan fingerprint density at radius 3 is 2.76 bits per heavy atom. The minimum Gasteiger partial charge on any atom is -0.378 e. The number of nitrogens with zero attached hydrogens (tertiary/aromatic N) is 3. The number of hydrogen-bond acceptors (Lipinski definition) is 5. The third-order valence-corrected chi connectivity index (χ3v) is 4.03. The molecule has 1 fully saturated rings. The van der Waals surface area contributed by atoms with E-state index >= 15 is 0 Å². The summed E-state index contributed by atoms with van der Waals surface area (Å²) < 4.78 is 6.39. The summed E-state index contributed by atoms with van der Waals surface area (Å²) >= 11 is 3.57. The smallest absolute Gasteiger partial charge is 0.135 e. The molecule has 1 aromatic heterocycles. The second-order valence-electron chi connectivity index (χ2n) is 4.97. The highest BCUT2D eigenvalue weighted by atomic mass is 79.9. The first-order chi connectivity index (χ1) is 10.2. The molecule has 0 aliphatic carbocycles. The van der Waals surface area contributed by atoms with Gasteiger partial charge in [0, 0.05) is 23.6 Å². The summed E-state index contributed by atoms with van der Waals surface area (Å²) in [6, 6.07) is 8.15. The van der Waals surface area contributed by atoms with Crippen LogP contribution in [-0.2, 0) is 4.74 Å².